The Bertz CT molecular complexity index is 886. The third-order valence-electron chi connectivity index (χ3n) is 3.32. The first-order valence-corrected chi connectivity index (χ1v) is 8.04. The largest absolute Gasteiger partial charge is 0.345 e. The Morgan fingerprint density at radius 3 is 2.76 bits per heavy atom. The molecule has 2 heterocycles. The number of nitrogens with zero attached hydrogens (tertiary/aromatic N) is 3. The van der Waals surface area contributed by atoms with Crippen molar-refractivity contribution in [2.24, 2.45) is 0 Å². The number of anilines is 2. The van der Waals surface area contributed by atoms with Gasteiger partial charge in [-0.1, -0.05) is 23.7 Å². The predicted molar refractivity (Wildman–Crippen MR) is 96.9 cm³/mol. The number of rotatable bonds is 5. The molecular formula is C18H16ClN5O. The molecule has 0 fully saturated rings. The molecule has 6 nitrogen and oxygen atoms in total. The highest BCUT2D eigenvalue weighted by Crippen LogP contribution is 2.19. The van der Waals surface area contributed by atoms with E-state index in [1.165, 1.54) is 0 Å². The molecule has 0 aliphatic carbocycles. The minimum Gasteiger partial charge on any atom is -0.345 e. The highest BCUT2D eigenvalue weighted by Gasteiger charge is 2.11. The van der Waals surface area contributed by atoms with Crippen molar-refractivity contribution in [3.05, 3.63) is 77.0 Å². The molecule has 2 N–H and O–H groups in total. The molecule has 0 radical (unpaired) electrons. The fourth-order valence-electron chi connectivity index (χ4n) is 2.23. The number of carbonyl (C=O) groups is 1. The van der Waals surface area contributed by atoms with Crippen LogP contribution in [0.25, 0.3) is 0 Å². The smallest absolute Gasteiger partial charge is 0.270 e. The molecule has 126 valence electrons. The van der Waals surface area contributed by atoms with E-state index in [1.54, 1.807) is 31.3 Å². The lowest BCUT2D eigenvalue weighted by molar-refractivity contribution is 0.0945. The van der Waals surface area contributed by atoms with Gasteiger partial charge in [0.25, 0.3) is 5.91 Å². The molecular weight excluding hydrogens is 338 g/mol. The summed E-state index contributed by atoms with van der Waals surface area (Å²) in [5.74, 6) is 0.734. The molecule has 1 amide bonds. The molecule has 0 unspecified atom stereocenters. The molecule has 0 atom stereocenters. The van der Waals surface area contributed by atoms with Crippen LogP contribution in [-0.4, -0.2) is 20.9 Å². The standard InChI is InChI=1S/C18H16ClN5O/c1-12-22-16(18(25)21-11-15-6-2-3-8-20-15)10-17(23-12)24-14-7-4-5-13(19)9-14/h2-10H,11H2,1H3,(H,21,25)(H,22,23,24). The van der Waals surface area contributed by atoms with Gasteiger partial charge in [-0.2, -0.15) is 0 Å². The fraction of sp³-hybridized carbons (Fsp3) is 0.111. The summed E-state index contributed by atoms with van der Waals surface area (Å²) in [4.78, 5) is 25.0. The van der Waals surface area contributed by atoms with E-state index in [4.69, 9.17) is 11.6 Å². The molecule has 0 spiro atoms. The Hall–Kier alpha value is -2.99. The lowest BCUT2D eigenvalue weighted by Gasteiger charge is -2.09. The van der Waals surface area contributed by atoms with Crippen molar-refractivity contribution in [1.29, 1.82) is 0 Å². The van der Waals surface area contributed by atoms with Crippen molar-refractivity contribution < 1.29 is 4.79 Å². The van der Waals surface area contributed by atoms with E-state index in [0.29, 0.717) is 23.2 Å². The molecule has 0 aliphatic rings. The number of hydrogen-bond acceptors (Lipinski definition) is 5. The molecule has 0 aliphatic heterocycles. The maximum absolute atomic E-state index is 12.4. The van der Waals surface area contributed by atoms with Crippen LogP contribution in [0.1, 0.15) is 22.0 Å². The topological polar surface area (TPSA) is 79.8 Å². The van der Waals surface area contributed by atoms with Crippen LogP contribution in [0.15, 0.2) is 54.7 Å². The maximum Gasteiger partial charge on any atom is 0.270 e. The van der Waals surface area contributed by atoms with Gasteiger partial charge in [0.2, 0.25) is 0 Å². The van der Waals surface area contributed by atoms with E-state index in [9.17, 15) is 4.79 Å². The minimum atomic E-state index is -0.287. The summed E-state index contributed by atoms with van der Waals surface area (Å²) < 4.78 is 0. The van der Waals surface area contributed by atoms with Crippen molar-refractivity contribution >= 4 is 29.0 Å². The van der Waals surface area contributed by atoms with Gasteiger partial charge >= 0.3 is 0 Å². The number of carbonyl (C=O) groups excluding carboxylic acids is 1. The van der Waals surface area contributed by atoms with Gasteiger partial charge in [0.1, 0.15) is 17.3 Å². The highest BCUT2D eigenvalue weighted by molar-refractivity contribution is 6.30. The van der Waals surface area contributed by atoms with Gasteiger partial charge in [-0.05, 0) is 37.3 Å². The van der Waals surface area contributed by atoms with Crippen LogP contribution in [0.3, 0.4) is 0 Å². The van der Waals surface area contributed by atoms with Crippen LogP contribution in [0.5, 0.6) is 0 Å². The van der Waals surface area contributed by atoms with Gasteiger partial charge in [0.05, 0.1) is 12.2 Å². The number of nitrogens with one attached hydrogen (secondary N) is 2. The lowest BCUT2D eigenvalue weighted by atomic mass is 10.3. The number of benzene rings is 1. The highest BCUT2D eigenvalue weighted by atomic mass is 35.5. The quantitative estimate of drug-likeness (QED) is 0.733. The molecule has 0 saturated carbocycles. The average Bonchev–Trinajstić information content (AvgIpc) is 2.60. The lowest BCUT2D eigenvalue weighted by Crippen LogP contribution is -2.24. The molecule has 2 aromatic heterocycles. The monoisotopic (exact) mass is 353 g/mol. The van der Waals surface area contributed by atoms with Gasteiger partial charge in [-0.25, -0.2) is 9.97 Å². The van der Waals surface area contributed by atoms with Crippen LogP contribution >= 0.6 is 11.6 Å². The fourth-order valence-corrected chi connectivity index (χ4v) is 2.42. The van der Waals surface area contributed by atoms with Gasteiger partial charge in [0, 0.05) is 23.0 Å². The van der Waals surface area contributed by atoms with Crippen molar-refractivity contribution in [2.45, 2.75) is 13.5 Å². The number of pyridine rings is 1. The van der Waals surface area contributed by atoms with E-state index in [2.05, 4.69) is 25.6 Å². The molecule has 0 bridgehead atoms. The van der Waals surface area contributed by atoms with E-state index in [1.807, 2.05) is 30.3 Å². The van der Waals surface area contributed by atoms with Gasteiger partial charge in [-0.3, -0.25) is 9.78 Å². The number of aryl methyl sites for hydroxylation is 1. The molecule has 3 aromatic rings. The zero-order valence-corrected chi connectivity index (χ0v) is 14.3. The minimum absolute atomic E-state index is 0.285. The summed E-state index contributed by atoms with van der Waals surface area (Å²) in [6.45, 7) is 2.07. The number of amides is 1. The second-order valence-electron chi connectivity index (χ2n) is 5.32. The van der Waals surface area contributed by atoms with Crippen LogP contribution in [-0.2, 0) is 6.54 Å². The van der Waals surface area contributed by atoms with Crippen LogP contribution in [0.4, 0.5) is 11.5 Å². The zero-order chi connectivity index (χ0) is 17.6. The first kappa shape index (κ1) is 16.9. The number of halogens is 1. The zero-order valence-electron chi connectivity index (χ0n) is 13.5. The molecule has 25 heavy (non-hydrogen) atoms. The third-order valence-corrected chi connectivity index (χ3v) is 3.56. The van der Waals surface area contributed by atoms with Crippen molar-refractivity contribution in [1.82, 2.24) is 20.3 Å². The Labute approximate surface area is 150 Å². The Balaban J connectivity index is 1.73. The molecule has 0 saturated heterocycles. The van der Waals surface area contributed by atoms with Crippen molar-refractivity contribution in [3.8, 4) is 0 Å². The van der Waals surface area contributed by atoms with Gasteiger partial charge in [0.15, 0.2) is 0 Å². The molecule has 1 aromatic carbocycles. The van der Waals surface area contributed by atoms with E-state index >= 15 is 0 Å². The Morgan fingerprint density at radius 1 is 1.12 bits per heavy atom. The van der Waals surface area contributed by atoms with E-state index < -0.39 is 0 Å². The van der Waals surface area contributed by atoms with Crippen molar-refractivity contribution in [2.75, 3.05) is 5.32 Å². The normalized spacial score (nSPS) is 10.3. The van der Waals surface area contributed by atoms with Gasteiger partial charge < -0.3 is 10.6 Å². The second kappa shape index (κ2) is 7.72. The molecule has 3 rings (SSSR count). The van der Waals surface area contributed by atoms with E-state index in [0.717, 1.165) is 11.4 Å². The Morgan fingerprint density at radius 2 is 2.00 bits per heavy atom. The Kier molecular flexibility index (Phi) is 5.20. The summed E-state index contributed by atoms with van der Waals surface area (Å²) in [6, 6.07) is 14.4. The summed E-state index contributed by atoms with van der Waals surface area (Å²) in [5.41, 5.74) is 1.84. The number of aromatic nitrogens is 3. The summed E-state index contributed by atoms with van der Waals surface area (Å²) >= 11 is 5.98. The summed E-state index contributed by atoms with van der Waals surface area (Å²) in [5, 5.41) is 6.54. The van der Waals surface area contributed by atoms with E-state index in [-0.39, 0.29) is 11.6 Å². The molecule has 7 heteroatoms. The van der Waals surface area contributed by atoms with Crippen LogP contribution in [0.2, 0.25) is 5.02 Å². The summed E-state index contributed by atoms with van der Waals surface area (Å²) in [7, 11) is 0. The van der Waals surface area contributed by atoms with Crippen LogP contribution in [0, 0.1) is 6.92 Å². The van der Waals surface area contributed by atoms with Gasteiger partial charge in [-0.15, -0.1) is 0 Å². The van der Waals surface area contributed by atoms with Crippen LogP contribution < -0.4 is 10.6 Å². The third kappa shape index (κ3) is 4.74. The maximum atomic E-state index is 12.4. The predicted octanol–water partition coefficient (Wildman–Crippen LogP) is 3.51. The first-order valence-electron chi connectivity index (χ1n) is 7.66. The summed E-state index contributed by atoms with van der Waals surface area (Å²) in [6.07, 6.45) is 1.68. The number of hydrogen-bond donors (Lipinski definition) is 2. The van der Waals surface area contributed by atoms with Crippen molar-refractivity contribution in [3.63, 3.8) is 0 Å². The second-order valence-corrected chi connectivity index (χ2v) is 5.76. The average molecular weight is 354 g/mol. The first-order chi connectivity index (χ1) is 12.1. The SMILES string of the molecule is Cc1nc(Nc2cccc(Cl)c2)cc(C(=O)NCc2ccccn2)n1.